The molecule has 1 saturated carbocycles. The normalized spacial score (nSPS) is 27.9. The highest BCUT2D eigenvalue weighted by atomic mass is 16.2. The van der Waals surface area contributed by atoms with E-state index in [1.54, 1.807) is 7.05 Å². The average Bonchev–Trinajstić information content (AvgIpc) is 2.77. The maximum absolute atomic E-state index is 12.2. The summed E-state index contributed by atoms with van der Waals surface area (Å²) in [6.07, 6.45) is 3.39. The Kier molecular flexibility index (Phi) is 2.48. The molecule has 0 bridgehead atoms. The summed E-state index contributed by atoms with van der Waals surface area (Å²) in [6, 6.07) is -0.958. The Labute approximate surface area is 94.2 Å². The summed E-state index contributed by atoms with van der Waals surface area (Å²) in [7, 11) is 1.66. The predicted octanol–water partition coefficient (Wildman–Crippen LogP) is -0.155. The van der Waals surface area contributed by atoms with E-state index in [2.05, 4.69) is 5.32 Å². The van der Waals surface area contributed by atoms with Gasteiger partial charge in [-0.2, -0.15) is 0 Å². The van der Waals surface area contributed by atoms with Crippen molar-refractivity contribution in [2.24, 2.45) is 0 Å². The molecule has 0 aromatic carbocycles. The summed E-state index contributed by atoms with van der Waals surface area (Å²) in [5, 5.41) is 2.44. The maximum Gasteiger partial charge on any atom is 0.253 e. The molecule has 2 amide bonds. The Bertz CT molecular complexity index is 358. The molecule has 1 heterocycles. The van der Waals surface area contributed by atoms with Crippen LogP contribution in [0.4, 0.5) is 0 Å². The smallest absolute Gasteiger partial charge is 0.253 e. The molecule has 2 fully saturated rings. The number of Topliss-reactive ketones (excluding diaryl/α,β-unsaturated/α-hetero) is 1. The van der Waals surface area contributed by atoms with Gasteiger partial charge in [0.15, 0.2) is 11.8 Å². The molecule has 1 saturated heterocycles. The van der Waals surface area contributed by atoms with Gasteiger partial charge < -0.3 is 10.2 Å². The van der Waals surface area contributed by atoms with Crippen LogP contribution in [0.15, 0.2) is 0 Å². The molecular formula is C11H16N2O3. The van der Waals surface area contributed by atoms with Gasteiger partial charge in [0.1, 0.15) is 5.54 Å². The van der Waals surface area contributed by atoms with Gasteiger partial charge in [-0.05, 0) is 12.8 Å². The lowest BCUT2D eigenvalue weighted by Gasteiger charge is -2.29. The van der Waals surface area contributed by atoms with Gasteiger partial charge >= 0.3 is 0 Å². The van der Waals surface area contributed by atoms with Crippen molar-refractivity contribution in [1.29, 1.82) is 0 Å². The predicted molar refractivity (Wildman–Crippen MR) is 56.6 cm³/mol. The minimum atomic E-state index is -0.958. The average molecular weight is 224 g/mol. The number of carbonyl (C=O) groups excluding carboxylic acids is 3. The molecule has 1 N–H and O–H groups in total. The van der Waals surface area contributed by atoms with E-state index in [1.165, 1.54) is 11.8 Å². The Morgan fingerprint density at radius 3 is 2.44 bits per heavy atom. The standard InChI is InChI=1S/C11H16N2O3/c1-7(14)12-8-9(15)11(5-3-4-6-11)13(2)10(8)16/h8H,3-6H2,1-2H3,(H,12,14). The Balaban J connectivity index is 2.29. The lowest BCUT2D eigenvalue weighted by Crippen LogP contribution is -2.46. The van der Waals surface area contributed by atoms with Crippen molar-refractivity contribution in [3.63, 3.8) is 0 Å². The Hall–Kier alpha value is -1.39. The fourth-order valence-electron chi connectivity index (χ4n) is 2.82. The Morgan fingerprint density at radius 1 is 1.38 bits per heavy atom. The van der Waals surface area contributed by atoms with E-state index in [0.29, 0.717) is 0 Å². The summed E-state index contributed by atoms with van der Waals surface area (Å²) < 4.78 is 0. The Morgan fingerprint density at radius 2 is 1.94 bits per heavy atom. The molecule has 2 aliphatic rings. The first kappa shape index (κ1) is 11.1. The molecule has 0 aromatic rings. The molecule has 1 unspecified atom stereocenters. The van der Waals surface area contributed by atoms with Crippen molar-refractivity contribution in [2.45, 2.75) is 44.2 Å². The van der Waals surface area contributed by atoms with Gasteiger partial charge in [-0.1, -0.05) is 12.8 Å². The zero-order valence-electron chi connectivity index (χ0n) is 9.58. The number of hydrogen-bond donors (Lipinski definition) is 1. The molecule has 1 spiro atoms. The lowest BCUT2D eigenvalue weighted by atomic mass is 9.91. The van der Waals surface area contributed by atoms with E-state index in [4.69, 9.17) is 0 Å². The van der Waals surface area contributed by atoms with Crippen LogP contribution in [-0.4, -0.2) is 41.1 Å². The van der Waals surface area contributed by atoms with Crippen LogP contribution in [0.25, 0.3) is 0 Å². The second-order valence-electron chi connectivity index (χ2n) is 4.63. The summed E-state index contributed by atoms with van der Waals surface area (Å²) in [5.41, 5.74) is -0.635. The SMILES string of the molecule is CC(=O)NC1C(=O)N(C)C2(CCCC2)C1=O. The lowest BCUT2D eigenvalue weighted by molar-refractivity contribution is -0.133. The zero-order valence-corrected chi connectivity index (χ0v) is 9.58. The van der Waals surface area contributed by atoms with Crippen LogP contribution in [0.2, 0.25) is 0 Å². The molecule has 1 atom stereocenters. The van der Waals surface area contributed by atoms with Crippen molar-refractivity contribution in [1.82, 2.24) is 10.2 Å². The zero-order chi connectivity index (χ0) is 11.9. The van der Waals surface area contributed by atoms with Gasteiger partial charge in [0.25, 0.3) is 5.91 Å². The van der Waals surface area contributed by atoms with Crippen molar-refractivity contribution in [3.05, 3.63) is 0 Å². The number of ketones is 1. The van der Waals surface area contributed by atoms with Gasteiger partial charge in [0, 0.05) is 14.0 Å². The molecule has 16 heavy (non-hydrogen) atoms. The van der Waals surface area contributed by atoms with Gasteiger partial charge in [0.2, 0.25) is 5.91 Å². The van der Waals surface area contributed by atoms with Crippen LogP contribution in [0, 0.1) is 0 Å². The van der Waals surface area contributed by atoms with E-state index in [1.807, 2.05) is 0 Å². The van der Waals surface area contributed by atoms with Gasteiger partial charge in [-0.3, -0.25) is 14.4 Å². The van der Waals surface area contributed by atoms with Gasteiger partial charge in [0.05, 0.1) is 0 Å². The van der Waals surface area contributed by atoms with Crippen molar-refractivity contribution in [2.75, 3.05) is 7.05 Å². The third-order valence-corrected chi connectivity index (χ3v) is 3.72. The highest BCUT2D eigenvalue weighted by molar-refractivity contribution is 6.17. The van der Waals surface area contributed by atoms with Gasteiger partial charge in [-0.25, -0.2) is 0 Å². The van der Waals surface area contributed by atoms with Crippen LogP contribution < -0.4 is 5.32 Å². The van der Waals surface area contributed by atoms with Crippen molar-refractivity contribution >= 4 is 17.6 Å². The number of hydrogen-bond acceptors (Lipinski definition) is 3. The number of amides is 2. The molecule has 5 heteroatoms. The first-order chi connectivity index (χ1) is 7.49. The topological polar surface area (TPSA) is 66.5 Å². The number of rotatable bonds is 1. The fraction of sp³-hybridized carbons (Fsp3) is 0.727. The summed E-state index contributed by atoms with van der Waals surface area (Å²) >= 11 is 0. The van der Waals surface area contributed by atoms with E-state index in [0.717, 1.165) is 25.7 Å². The molecule has 1 aliphatic heterocycles. The largest absolute Gasteiger partial charge is 0.338 e. The summed E-state index contributed by atoms with van der Waals surface area (Å²) in [4.78, 5) is 36.6. The first-order valence-electron chi connectivity index (χ1n) is 5.58. The summed E-state index contributed by atoms with van der Waals surface area (Å²) in [5.74, 6) is -0.745. The number of likely N-dealkylation sites (tertiary alicyclic amines) is 1. The second-order valence-corrected chi connectivity index (χ2v) is 4.63. The highest BCUT2D eigenvalue weighted by Crippen LogP contribution is 2.40. The highest BCUT2D eigenvalue weighted by Gasteiger charge is 2.57. The van der Waals surface area contributed by atoms with Crippen molar-refractivity contribution < 1.29 is 14.4 Å². The van der Waals surface area contributed by atoms with E-state index in [-0.39, 0.29) is 17.6 Å². The van der Waals surface area contributed by atoms with Crippen LogP contribution in [0.5, 0.6) is 0 Å². The van der Waals surface area contributed by atoms with Crippen LogP contribution in [0.1, 0.15) is 32.6 Å². The van der Waals surface area contributed by atoms with E-state index < -0.39 is 11.6 Å². The monoisotopic (exact) mass is 224 g/mol. The third kappa shape index (κ3) is 1.34. The van der Waals surface area contributed by atoms with Gasteiger partial charge in [-0.15, -0.1) is 0 Å². The molecule has 1 aliphatic carbocycles. The molecule has 0 radical (unpaired) electrons. The molecular weight excluding hydrogens is 208 g/mol. The molecule has 88 valence electrons. The number of likely N-dealkylation sites (N-methyl/N-ethyl adjacent to an activating group) is 1. The minimum absolute atomic E-state index is 0.132. The van der Waals surface area contributed by atoms with Crippen LogP contribution in [-0.2, 0) is 14.4 Å². The fourth-order valence-corrected chi connectivity index (χ4v) is 2.82. The van der Waals surface area contributed by atoms with E-state index >= 15 is 0 Å². The number of carbonyl (C=O) groups is 3. The van der Waals surface area contributed by atoms with Crippen LogP contribution in [0.3, 0.4) is 0 Å². The number of nitrogens with one attached hydrogen (secondary N) is 1. The van der Waals surface area contributed by atoms with Crippen molar-refractivity contribution in [3.8, 4) is 0 Å². The minimum Gasteiger partial charge on any atom is -0.338 e. The molecule has 0 aromatic heterocycles. The molecule has 5 nitrogen and oxygen atoms in total. The first-order valence-corrected chi connectivity index (χ1v) is 5.58. The quantitative estimate of drug-likeness (QED) is 0.630. The maximum atomic E-state index is 12.2. The summed E-state index contributed by atoms with van der Waals surface area (Å²) in [6.45, 7) is 1.32. The van der Waals surface area contributed by atoms with E-state index in [9.17, 15) is 14.4 Å². The number of nitrogens with zero attached hydrogens (tertiary/aromatic N) is 1. The molecule has 2 rings (SSSR count). The van der Waals surface area contributed by atoms with Crippen LogP contribution >= 0.6 is 0 Å². The second kappa shape index (κ2) is 3.57. The third-order valence-electron chi connectivity index (χ3n) is 3.72.